The molecule has 0 aromatic rings. The summed E-state index contributed by atoms with van der Waals surface area (Å²) in [6, 6.07) is 0. The van der Waals surface area contributed by atoms with Crippen LogP contribution in [0.25, 0.3) is 0 Å². The number of carbonyl (C=O) groups is 2. The zero-order chi connectivity index (χ0) is 15.2. The first-order chi connectivity index (χ1) is 9.60. The van der Waals surface area contributed by atoms with Crippen LogP contribution < -0.4 is 5.32 Å². The van der Waals surface area contributed by atoms with Gasteiger partial charge in [0, 0.05) is 19.4 Å². The van der Waals surface area contributed by atoms with Gasteiger partial charge in [-0.2, -0.15) is 0 Å². The molecule has 0 aromatic heterocycles. The van der Waals surface area contributed by atoms with Gasteiger partial charge in [0.2, 0.25) is 5.91 Å². The lowest BCUT2D eigenvalue weighted by molar-refractivity contribution is -0.137. The Bertz CT molecular complexity index is 266. The van der Waals surface area contributed by atoms with E-state index in [4.69, 9.17) is 5.11 Å². The van der Waals surface area contributed by atoms with Crippen molar-refractivity contribution in [3.63, 3.8) is 0 Å². The minimum atomic E-state index is -0.737. The molecule has 2 N–H and O–H groups in total. The maximum Gasteiger partial charge on any atom is 0.303 e. The van der Waals surface area contributed by atoms with E-state index in [-0.39, 0.29) is 12.3 Å². The summed E-state index contributed by atoms with van der Waals surface area (Å²) in [5.41, 5.74) is 0. The van der Waals surface area contributed by atoms with Gasteiger partial charge in [-0.1, -0.05) is 46.0 Å². The molecular formula is C16H31NO3. The molecule has 0 saturated carbocycles. The van der Waals surface area contributed by atoms with Gasteiger partial charge in [-0.15, -0.1) is 0 Å². The predicted octanol–water partition coefficient (Wildman–Crippen LogP) is 3.74. The lowest BCUT2D eigenvalue weighted by Gasteiger charge is -2.14. The molecule has 0 rings (SSSR count). The van der Waals surface area contributed by atoms with Crippen molar-refractivity contribution < 1.29 is 14.7 Å². The number of nitrogens with one attached hydrogen (secondary N) is 1. The highest BCUT2D eigenvalue weighted by Gasteiger charge is 2.09. The topological polar surface area (TPSA) is 66.4 Å². The molecule has 1 amide bonds. The van der Waals surface area contributed by atoms with E-state index in [1.54, 1.807) is 0 Å². The van der Waals surface area contributed by atoms with Gasteiger partial charge in [-0.3, -0.25) is 9.59 Å². The van der Waals surface area contributed by atoms with Crippen molar-refractivity contribution in [1.82, 2.24) is 5.32 Å². The molecule has 118 valence electrons. The minimum Gasteiger partial charge on any atom is -0.481 e. The van der Waals surface area contributed by atoms with Gasteiger partial charge >= 0.3 is 5.97 Å². The first kappa shape index (κ1) is 18.9. The number of unbranched alkanes of at least 4 members (excludes halogenated alkanes) is 4. The SMILES string of the molecule is CCCCCCCC(=O)NCCC(CC)CCC(=O)O. The number of rotatable bonds is 13. The second-order valence-corrected chi connectivity index (χ2v) is 5.51. The number of amides is 1. The molecule has 0 saturated heterocycles. The summed E-state index contributed by atoms with van der Waals surface area (Å²) in [5, 5.41) is 11.6. The first-order valence-electron chi connectivity index (χ1n) is 8.08. The van der Waals surface area contributed by atoms with E-state index in [1.807, 2.05) is 0 Å². The molecule has 0 aliphatic rings. The molecule has 0 spiro atoms. The van der Waals surface area contributed by atoms with Crippen LogP contribution in [-0.4, -0.2) is 23.5 Å². The Balaban J connectivity index is 3.55. The van der Waals surface area contributed by atoms with Gasteiger partial charge in [0.15, 0.2) is 0 Å². The van der Waals surface area contributed by atoms with Crippen LogP contribution in [0.15, 0.2) is 0 Å². The van der Waals surface area contributed by atoms with E-state index in [0.717, 1.165) is 25.7 Å². The van der Waals surface area contributed by atoms with Crippen LogP contribution in [0, 0.1) is 5.92 Å². The summed E-state index contributed by atoms with van der Waals surface area (Å²) in [5.74, 6) is -0.204. The number of aliphatic carboxylic acids is 1. The highest BCUT2D eigenvalue weighted by molar-refractivity contribution is 5.75. The monoisotopic (exact) mass is 285 g/mol. The molecule has 0 bridgehead atoms. The number of carboxylic acids is 1. The van der Waals surface area contributed by atoms with Crippen molar-refractivity contribution in [3.05, 3.63) is 0 Å². The van der Waals surface area contributed by atoms with Crippen LogP contribution in [0.3, 0.4) is 0 Å². The Morgan fingerprint density at radius 2 is 1.70 bits per heavy atom. The highest BCUT2D eigenvalue weighted by atomic mass is 16.4. The maximum absolute atomic E-state index is 11.6. The molecule has 4 nitrogen and oxygen atoms in total. The van der Waals surface area contributed by atoms with Gasteiger partial charge in [-0.25, -0.2) is 0 Å². The van der Waals surface area contributed by atoms with Crippen molar-refractivity contribution in [2.24, 2.45) is 5.92 Å². The van der Waals surface area contributed by atoms with Gasteiger partial charge in [0.05, 0.1) is 0 Å². The van der Waals surface area contributed by atoms with Crippen LogP contribution in [0.4, 0.5) is 0 Å². The zero-order valence-electron chi connectivity index (χ0n) is 13.1. The average molecular weight is 285 g/mol. The van der Waals surface area contributed by atoms with Crippen molar-refractivity contribution in [3.8, 4) is 0 Å². The van der Waals surface area contributed by atoms with Gasteiger partial charge in [-0.05, 0) is 25.2 Å². The molecule has 0 aromatic carbocycles. The summed E-state index contributed by atoms with van der Waals surface area (Å²) < 4.78 is 0. The third kappa shape index (κ3) is 12.0. The smallest absolute Gasteiger partial charge is 0.303 e. The standard InChI is InChI=1S/C16H31NO3/c1-3-5-6-7-8-9-15(18)17-13-12-14(4-2)10-11-16(19)20/h14H,3-13H2,1-2H3,(H,17,18)(H,19,20). The fraction of sp³-hybridized carbons (Fsp3) is 0.875. The van der Waals surface area contributed by atoms with Crippen molar-refractivity contribution >= 4 is 11.9 Å². The zero-order valence-corrected chi connectivity index (χ0v) is 13.1. The van der Waals surface area contributed by atoms with E-state index in [0.29, 0.717) is 25.3 Å². The largest absolute Gasteiger partial charge is 0.481 e. The third-order valence-electron chi connectivity index (χ3n) is 3.73. The van der Waals surface area contributed by atoms with Gasteiger partial charge in [0.25, 0.3) is 0 Å². The summed E-state index contributed by atoms with van der Waals surface area (Å²) in [4.78, 5) is 22.1. The van der Waals surface area contributed by atoms with Crippen LogP contribution in [0.2, 0.25) is 0 Å². The Morgan fingerprint density at radius 1 is 1.00 bits per heavy atom. The lowest BCUT2D eigenvalue weighted by atomic mass is 9.96. The normalized spacial score (nSPS) is 12.1. The predicted molar refractivity (Wildman–Crippen MR) is 81.7 cm³/mol. The van der Waals surface area contributed by atoms with Gasteiger partial charge < -0.3 is 10.4 Å². The molecule has 4 heteroatoms. The number of hydrogen-bond donors (Lipinski definition) is 2. The lowest BCUT2D eigenvalue weighted by Crippen LogP contribution is -2.25. The summed E-state index contributed by atoms with van der Waals surface area (Å²) in [6.45, 7) is 4.93. The van der Waals surface area contributed by atoms with Crippen LogP contribution in [0.1, 0.15) is 78.1 Å². The Morgan fingerprint density at radius 3 is 2.30 bits per heavy atom. The molecule has 20 heavy (non-hydrogen) atoms. The molecular weight excluding hydrogens is 254 g/mol. The van der Waals surface area contributed by atoms with Crippen molar-refractivity contribution in [2.45, 2.75) is 78.1 Å². The van der Waals surface area contributed by atoms with Crippen LogP contribution in [0.5, 0.6) is 0 Å². The second kappa shape index (κ2) is 12.9. The minimum absolute atomic E-state index is 0.134. The van der Waals surface area contributed by atoms with E-state index < -0.39 is 5.97 Å². The fourth-order valence-electron chi connectivity index (χ4n) is 2.27. The second-order valence-electron chi connectivity index (χ2n) is 5.51. The maximum atomic E-state index is 11.6. The van der Waals surface area contributed by atoms with Crippen LogP contribution >= 0.6 is 0 Å². The summed E-state index contributed by atoms with van der Waals surface area (Å²) in [6.07, 6.45) is 9.21. The number of carboxylic acid groups (broad SMARTS) is 1. The highest BCUT2D eigenvalue weighted by Crippen LogP contribution is 2.14. The van der Waals surface area contributed by atoms with Crippen molar-refractivity contribution in [1.29, 1.82) is 0 Å². The Labute approximate surface area is 123 Å². The van der Waals surface area contributed by atoms with E-state index in [9.17, 15) is 9.59 Å². The van der Waals surface area contributed by atoms with E-state index in [2.05, 4.69) is 19.2 Å². The third-order valence-corrected chi connectivity index (χ3v) is 3.73. The molecule has 1 unspecified atom stereocenters. The molecule has 0 fully saturated rings. The summed E-state index contributed by atoms with van der Waals surface area (Å²) in [7, 11) is 0. The molecule has 0 aliphatic carbocycles. The van der Waals surface area contributed by atoms with Crippen molar-refractivity contribution in [2.75, 3.05) is 6.54 Å². The Kier molecular flexibility index (Phi) is 12.3. The molecule has 1 atom stereocenters. The summed E-state index contributed by atoms with van der Waals surface area (Å²) >= 11 is 0. The number of carbonyl (C=O) groups excluding carboxylic acids is 1. The van der Waals surface area contributed by atoms with E-state index >= 15 is 0 Å². The van der Waals surface area contributed by atoms with Gasteiger partial charge in [0.1, 0.15) is 0 Å². The average Bonchev–Trinajstić information content (AvgIpc) is 2.42. The van der Waals surface area contributed by atoms with E-state index in [1.165, 1.54) is 19.3 Å². The molecule has 0 heterocycles. The van der Waals surface area contributed by atoms with Crippen LogP contribution in [-0.2, 0) is 9.59 Å². The molecule has 0 aliphatic heterocycles. The number of hydrogen-bond acceptors (Lipinski definition) is 2. The quantitative estimate of drug-likeness (QED) is 0.506. The molecule has 0 radical (unpaired) electrons. The Hall–Kier alpha value is -1.06. The fourth-order valence-corrected chi connectivity index (χ4v) is 2.27. The first-order valence-corrected chi connectivity index (χ1v) is 8.08.